The van der Waals surface area contributed by atoms with Crippen LogP contribution in [0.15, 0.2) is 40.8 Å². The fraction of sp³-hybridized carbons (Fsp3) is 0.421. The number of carbonyl (C=O) groups is 1. The first kappa shape index (κ1) is 20.7. The molecule has 3 aliphatic rings. The molecule has 3 fully saturated rings. The number of piperidine rings is 3. The molecule has 3 aliphatic heterocycles. The highest BCUT2D eigenvalue weighted by Crippen LogP contribution is 2.29. The van der Waals surface area contributed by atoms with Crippen LogP contribution in [-0.2, 0) is 10.0 Å². The van der Waals surface area contributed by atoms with E-state index in [4.69, 9.17) is 4.42 Å². The number of benzene rings is 1. The van der Waals surface area contributed by atoms with Gasteiger partial charge in [-0.05, 0) is 68.2 Å². The van der Waals surface area contributed by atoms with Gasteiger partial charge in [0.25, 0.3) is 5.91 Å². The van der Waals surface area contributed by atoms with Crippen molar-refractivity contribution in [3.63, 3.8) is 0 Å². The maximum absolute atomic E-state index is 12.5. The molecule has 0 saturated carbocycles. The van der Waals surface area contributed by atoms with Gasteiger partial charge in [-0.2, -0.15) is 21.6 Å². The number of hydrogen-bond acceptors (Lipinski definition) is 5. The topological polar surface area (TPSA) is 91.7 Å². The molecule has 1 aromatic heterocycles. The predicted octanol–water partition coefficient (Wildman–Crippen LogP) is 3.03. The maximum Gasteiger partial charge on any atom is 0.516 e. The van der Waals surface area contributed by atoms with E-state index >= 15 is 0 Å². The lowest BCUT2D eigenvalue weighted by molar-refractivity contribution is -0.0429. The number of sulfonamides is 1. The van der Waals surface area contributed by atoms with Gasteiger partial charge in [0.05, 0.1) is 0 Å². The highest BCUT2D eigenvalue weighted by molar-refractivity contribution is 7.93. The van der Waals surface area contributed by atoms with Gasteiger partial charge >= 0.3 is 15.5 Å². The molecule has 3 saturated heterocycles. The number of alkyl halides is 3. The summed E-state index contributed by atoms with van der Waals surface area (Å²) >= 11 is 0. The first-order valence-electron chi connectivity index (χ1n) is 9.45. The van der Waals surface area contributed by atoms with E-state index in [1.165, 1.54) is 35.1 Å². The van der Waals surface area contributed by atoms with E-state index in [0.29, 0.717) is 17.2 Å². The molecule has 2 N–H and O–H groups in total. The van der Waals surface area contributed by atoms with Crippen molar-refractivity contribution in [3.05, 3.63) is 42.2 Å². The SMILES string of the molecule is O=C(NC1CN2CCC1CC2)c1ccc(-c2ccc(NS(=O)(=O)C(F)(F)F)cc2)o1. The molecule has 1 amide bonds. The lowest BCUT2D eigenvalue weighted by Crippen LogP contribution is -2.57. The molecule has 0 radical (unpaired) electrons. The minimum atomic E-state index is -5.48. The molecular weight excluding hydrogens is 423 g/mol. The summed E-state index contributed by atoms with van der Waals surface area (Å²) in [7, 11) is -5.48. The first-order valence-corrected chi connectivity index (χ1v) is 10.9. The zero-order valence-electron chi connectivity index (χ0n) is 15.8. The van der Waals surface area contributed by atoms with Gasteiger partial charge in [0.2, 0.25) is 0 Å². The monoisotopic (exact) mass is 443 g/mol. The normalized spacial score (nSPS) is 23.9. The Morgan fingerprint density at radius 2 is 1.73 bits per heavy atom. The highest BCUT2D eigenvalue weighted by atomic mass is 32.2. The third-order valence-electron chi connectivity index (χ3n) is 5.53. The second-order valence-corrected chi connectivity index (χ2v) is 9.18. The summed E-state index contributed by atoms with van der Waals surface area (Å²) in [6, 6.07) is 8.40. The molecule has 0 spiro atoms. The molecule has 2 bridgehead atoms. The van der Waals surface area contributed by atoms with Gasteiger partial charge in [-0.3, -0.25) is 9.52 Å². The van der Waals surface area contributed by atoms with Gasteiger partial charge in [0.1, 0.15) is 5.76 Å². The Bertz CT molecular complexity index is 1030. The molecule has 5 rings (SSSR count). The Labute approximate surface area is 171 Å². The Hall–Kier alpha value is -2.53. The Morgan fingerprint density at radius 3 is 2.30 bits per heavy atom. The van der Waals surface area contributed by atoms with Crippen LogP contribution < -0.4 is 10.0 Å². The number of carbonyl (C=O) groups excluding carboxylic acids is 1. The molecule has 4 heterocycles. The van der Waals surface area contributed by atoms with Gasteiger partial charge in [0, 0.05) is 23.8 Å². The Morgan fingerprint density at radius 1 is 1.07 bits per heavy atom. The van der Waals surface area contributed by atoms with E-state index in [2.05, 4.69) is 10.2 Å². The summed E-state index contributed by atoms with van der Waals surface area (Å²) < 4.78 is 66.8. The fourth-order valence-electron chi connectivity index (χ4n) is 3.90. The summed E-state index contributed by atoms with van der Waals surface area (Å²) in [6.45, 7) is 2.97. The molecule has 2 aromatic rings. The van der Waals surface area contributed by atoms with Crippen molar-refractivity contribution in [2.24, 2.45) is 5.92 Å². The molecule has 7 nitrogen and oxygen atoms in total. The number of hydrogen-bond donors (Lipinski definition) is 2. The molecule has 0 aliphatic carbocycles. The van der Waals surface area contributed by atoms with Gasteiger partial charge in [0.15, 0.2) is 5.76 Å². The molecule has 11 heteroatoms. The third-order valence-corrected chi connectivity index (χ3v) is 6.64. The number of anilines is 1. The van der Waals surface area contributed by atoms with Gasteiger partial charge in [-0.15, -0.1) is 0 Å². The number of halogens is 3. The Balaban J connectivity index is 1.42. The number of amides is 1. The third kappa shape index (κ3) is 4.17. The van der Waals surface area contributed by atoms with Crippen molar-refractivity contribution in [1.29, 1.82) is 0 Å². The number of furan rings is 1. The predicted molar refractivity (Wildman–Crippen MR) is 103 cm³/mol. The van der Waals surface area contributed by atoms with Crippen molar-refractivity contribution in [2.75, 3.05) is 24.4 Å². The van der Waals surface area contributed by atoms with Gasteiger partial charge in [-0.1, -0.05) is 0 Å². The second kappa shape index (κ2) is 7.62. The van der Waals surface area contributed by atoms with Crippen LogP contribution >= 0.6 is 0 Å². The van der Waals surface area contributed by atoms with E-state index in [-0.39, 0.29) is 23.4 Å². The summed E-state index contributed by atoms with van der Waals surface area (Å²) in [4.78, 5) is 14.9. The zero-order valence-corrected chi connectivity index (χ0v) is 16.6. The smallest absolute Gasteiger partial charge is 0.451 e. The second-order valence-electron chi connectivity index (χ2n) is 7.51. The van der Waals surface area contributed by atoms with Crippen LogP contribution in [0.5, 0.6) is 0 Å². The van der Waals surface area contributed by atoms with Crippen LogP contribution in [0.25, 0.3) is 11.3 Å². The van der Waals surface area contributed by atoms with Crippen LogP contribution in [-0.4, -0.2) is 50.4 Å². The number of fused-ring (bicyclic) bond motifs is 3. The van der Waals surface area contributed by atoms with Crippen LogP contribution in [0.2, 0.25) is 0 Å². The largest absolute Gasteiger partial charge is 0.516 e. The van der Waals surface area contributed by atoms with Crippen LogP contribution in [0.3, 0.4) is 0 Å². The van der Waals surface area contributed by atoms with Crippen molar-refractivity contribution >= 4 is 21.6 Å². The van der Waals surface area contributed by atoms with E-state index in [1.807, 2.05) is 0 Å². The van der Waals surface area contributed by atoms with E-state index in [9.17, 15) is 26.4 Å². The molecule has 1 unspecified atom stereocenters. The highest BCUT2D eigenvalue weighted by Gasteiger charge is 2.46. The maximum atomic E-state index is 12.5. The number of rotatable bonds is 5. The summed E-state index contributed by atoms with van der Waals surface area (Å²) in [6.07, 6.45) is 2.14. The summed E-state index contributed by atoms with van der Waals surface area (Å²) in [5.41, 5.74) is -5.14. The fourth-order valence-corrected chi connectivity index (χ4v) is 4.46. The Kier molecular flexibility index (Phi) is 5.27. The molecular formula is C19H20F3N3O4S. The standard InChI is InChI=1S/C19H20F3N3O4S/c20-19(21,22)30(27,28)24-14-3-1-13(2-4-14)16-5-6-17(29-16)18(26)23-15-11-25-9-7-12(15)8-10-25/h1-6,12,15,24H,7-11H2,(H,23,26). The quantitative estimate of drug-likeness (QED) is 0.741. The number of nitrogens with one attached hydrogen (secondary N) is 2. The van der Waals surface area contributed by atoms with Crippen molar-refractivity contribution in [3.8, 4) is 11.3 Å². The molecule has 30 heavy (non-hydrogen) atoms. The van der Waals surface area contributed by atoms with Crippen LogP contribution in [0.1, 0.15) is 23.4 Å². The summed E-state index contributed by atoms with van der Waals surface area (Å²) in [5, 5.41) is 3.02. The zero-order chi connectivity index (χ0) is 21.5. The molecule has 162 valence electrons. The van der Waals surface area contributed by atoms with Crippen molar-refractivity contribution in [2.45, 2.75) is 24.4 Å². The number of nitrogens with zero attached hydrogens (tertiary/aromatic N) is 1. The van der Waals surface area contributed by atoms with Crippen molar-refractivity contribution in [1.82, 2.24) is 10.2 Å². The van der Waals surface area contributed by atoms with E-state index in [1.54, 1.807) is 6.07 Å². The minimum Gasteiger partial charge on any atom is -0.451 e. The van der Waals surface area contributed by atoms with E-state index < -0.39 is 15.5 Å². The minimum absolute atomic E-state index is 0.0921. The van der Waals surface area contributed by atoms with Crippen molar-refractivity contribution < 1.29 is 30.8 Å². The van der Waals surface area contributed by atoms with Gasteiger partial charge < -0.3 is 14.6 Å². The van der Waals surface area contributed by atoms with Crippen LogP contribution in [0, 0.1) is 5.92 Å². The average molecular weight is 443 g/mol. The lowest BCUT2D eigenvalue weighted by atomic mass is 9.84. The molecule has 1 atom stereocenters. The lowest BCUT2D eigenvalue weighted by Gasteiger charge is -2.44. The van der Waals surface area contributed by atoms with Gasteiger partial charge in [-0.25, -0.2) is 0 Å². The first-order chi connectivity index (χ1) is 14.1. The van der Waals surface area contributed by atoms with Crippen LogP contribution in [0.4, 0.5) is 18.9 Å². The van der Waals surface area contributed by atoms with E-state index in [0.717, 1.165) is 32.5 Å². The molecule has 1 aromatic carbocycles. The summed E-state index contributed by atoms with van der Waals surface area (Å²) in [5.74, 6) is 0.651. The average Bonchev–Trinajstić information content (AvgIpc) is 3.19.